The zero-order valence-corrected chi connectivity index (χ0v) is 13.9. The molecule has 2 aromatic carbocycles. The SMILES string of the molecule is Cc1ccc(COc2cccc(C(CN)N3CCCC3)c2)cc1. The van der Waals surface area contributed by atoms with Crippen LogP contribution < -0.4 is 10.5 Å². The third kappa shape index (κ3) is 4.12. The smallest absolute Gasteiger partial charge is 0.120 e. The van der Waals surface area contributed by atoms with Crippen molar-refractivity contribution in [3.8, 4) is 5.75 Å². The van der Waals surface area contributed by atoms with Crippen LogP contribution in [0.3, 0.4) is 0 Å². The summed E-state index contributed by atoms with van der Waals surface area (Å²) in [5, 5.41) is 0. The highest BCUT2D eigenvalue weighted by atomic mass is 16.5. The van der Waals surface area contributed by atoms with Gasteiger partial charge >= 0.3 is 0 Å². The molecule has 2 aromatic rings. The number of hydrogen-bond donors (Lipinski definition) is 1. The molecule has 0 radical (unpaired) electrons. The first-order valence-electron chi connectivity index (χ1n) is 8.48. The second-order valence-electron chi connectivity index (χ2n) is 6.34. The van der Waals surface area contributed by atoms with Gasteiger partial charge in [-0.25, -0.2) is 0 Å². The van der Waals surface area contributed by atoms with Gasteiger partial charge in [-0.05, 0) is 56.1 Å². The Hall–Kier alpha value is -1.84. The van der Waals surface area contributed by atoms with E-state index in [4.69, 9.17) is 10.5 Å². The Balaban J connectivity index is 1.67. The van der Waals surface area contributed by atoms with Gasteiger partial charge in [0.2, 0.25) is 0 Å². The molecule has 1 aliphatic rings. The lowest BCUT2D eigenvalue weighted by molar-refractivity contribution is 0.249. The molecule has 0 spiro atoms. The molecule has 23 heavy (non-hydrogen) atoms. The standard InChI is InChI=1S/C20H26N2O/c1-16-7-9-17(10-8-16)15-23-19-6-4-5-18(13-19)20(14-21)22-11-2-3-12-22/h4-10,13,20H,2-3,11-12,14-15,21H2,1H3. The van der Waals surface area contributed by atoms with Gasteiger partial charge in [0.15, 0.2) is 0 Å². The lowest BCUT2D eigenvalue weighted by atomic mass is 10.1. The number of nitrogens with two attached hydrogens (primary N) is 1. The molecule has 1 saturated heterocycles. The van der Waals surface area contributed by atoms with Gasteiger partial charge in [-0.15, -0.1) is 0 Å². The van der Waals surface area contributed by atoms with Crippen molar-refractivity contribution in [2.45, 2.75) is 32.4 Å². The van der Waals surface area contributed by atoms with E-state index >= 15 is 0 Å². The predicted octanol–water partition coefficient (Wildman–Crippen LogP) is 3.67. The van der Waals surface area contributed by atoms with E-state index in [1.165, 1.54) is 29.5 Å². The zero-order chi connectivity index (χ0) is 16.1. The number of nitrogens with zero attached hydrogens (tertiary/aromatic N) is 1. The Labute approximate surface area is 139 Å². The summed E-state index contributed by atoms with van der Waals surface area (Å²) >= 11 is 0. The molecule has 0 amide bonds. The fraction of sp³-hybridized carbons (Fsp3) is 0.400. The molecule has 3 nitrogen and oxygen atoms in total. The number of benzene rings is 2. The predicted molar refractivity (Wildman–Crippen MR) is 94.6 cm³/mol. The van der Waals surface area contributed by atoms with E-state index in [-0.39, 0.29) is 0 Å². The minimum Gasteiger partial charge on any atom is -0.489 e. The molecule has 1 fully saturated rings. The van der Waals surface area contributed by atoms with Crippen LogP contribution in [-0.4, -0.2) is 24.5 Å². The van der Waals surface area contributed by atoms with Crippen LogP contribution in [-0.2, 0) is 6.61 Å². The van der Waals surface area contributed by atoms with Crippen LogP contribution in [0.1, 0.15) is 35.6 Å². The first-order chi connectivity index (χ1) is 11.3. The summed E-state index contributed by atoms with van der Waals surface area (Å²) in [6.07, 6.45) is 2.56. The van der Waals surface area contributed by atoms with E-state index in [1.54, 1.807) is 0 Å². The van der Waals surface area contributed by atoms with E-state index in [1.807, 2.05) is 6.07 Å². The lowest BCUT2D eigenvalue weighted by Gasteiger charge is -2.26. The van der Waals surface area contributed by atoms with Crippen molar-refractivity contribution < 1.29 is 4.74 Å². The molecule has 1 heterocycles. The van der Waals surface area contributed by atoms with Crippen molar-refractivity contribution in [3.05, 3.63) is 65.2 Å². The van der Waals surface area contributed by atoms with Gasteiger partial charge in [0, 0.05) is 12.6 Å². The van der Waals surface area contributed by atoms with Crippen LogP contribution in [0.25, 0.3) is 0 Å². The van der Waals surface area contributed by atoms with Gasteiger partial charge in [0.05, 0.1) is 0 Å². The quantitative estimate of drug-likeness (QED) is 0.885. The number of rotatable bonds is 6. The molecule has 3 heteroatoms. The van der Waals surface area contributed by atoms with Crippen LogP contribution in [0, 0.1) is 6.92 Å². The zero-order valence-electron chi connectivity index (χ0n) is 13.9. The Morgan fingerprint density at radius 1 is 1.09 bits per heavy atom. The highest BCUT2D eigenvalue weighted by molar-refractivity contribution is 5.31. The van der Waals surface area contributed by atoms with Gasteiger partial charge in [0.25, 0.3) is 0 Å². The average Bonchev–Trinajstić information content (AvgIpc) is 3.10. The van der Waals surface area contributed by atoms with Crippen molar-refractivity contribution in [2.75, 3.05) is 19.6 Å². The third-order valence-corrected chi connectivity index (χ3v) is 4.57. The number of ether oxygens (including phenoxy) is 1. The van der Waals surface area contributed by atoms with Crippen molar-refractivity contribution in [1.82, 2.24) is 4.90 Å². The maximum atomic E-state index is 6.03. The highest BCUT2D eigenvalue weighted by Gasteiger charge is 2.22. The minimum atomic E-state index is 0.306. The second kappa shape index (κ2) is 7.62. The van der Waals surface area contributed by atoms with Crippen LogP contribution in [0.15, 0.2) is 48.5 Å². The van der Waals surface area contributed by atoms with Gasteiger partial charge in [-0.2, -0.15) is 0 Å². The van der Waals surface area contributed by atoms with E-state index in [9.17, 15) is 0 Å². The molecule has 0 aliphatic carbocycles. The highest BCUT2D eigenvalue weighted by Crippen LogP contribution is 2.27. The maximum absolute atomic E-state index is 6.03. The van der Waals surface area contributed by atoms with Crippen LogP contribution in [0.5, 0.6) is 5.75 Å². The van der Waals surface area contributed by atoms with Gasteiger partial charge in [-0.3, -0.25) is 4.90 Å². The molecular formula is C20H26N2O. The lowest BCUT2D eigenvalue weighted by Crippen LogP contribution is -2.31. The van der Waals surface area contributed by atoms with Gasteiger partial charge in [-0.1, -0.05) is 42.0 Å². The molecule has 0 aromatic heterocycles. The summed E-state index contributed by atoms with van der Waals surface area (Å²) < 4.78 is 5.97. The molecule has 122 valence electrons. The van der Waals surface area contributed by atoms with Crippen molar-refractivity contribution in [1.29, 1.82) is 0 Å². The molecule has 0 saturated carbocycles. The van der Waals surface area contributed by atoms with Crippen LogP contribution in [0.4, 0.5) is 0 Å². The fourth-order valence-corrected chi connectivity index (χ4v) is 3.21. The Morgan fingerprint density at radius 2 is 1.83 bits per heavy atom. The molecule has 0 bridgehead atoms. The third-order valence-electron chi connectivity index (χ3n) is 4.57. The van der Waals surface area contributed by atoms with Crippen LogP contribution >= 0.6 is 0 Å². The second-order valence-corrected chi connectivity index (χ2v) is 6.34. The molecule has 1 unspecified atom stereocenters. The van der Waals surface area contributed by atoms with E-state index in [0.717, 1.165) is 18.8 Å². The molecule has 1 atom stereocenters. The average molecular weight is 310 g/mol. The number of likely N-dealkylation sites (tertiary alicyclic amines) is 1. The summed E-state index contributed by atoms with van der Waals surface area (Å²) in [5.41, 5.74) is 9.75. The summed E-state index contributed by atoms with van der Waals surface area (Å²) in [4.78, 5) is 2.49. The van der Waals surface area contributed by atoms with Crippen molar-refractivity contribution in [3.63, 3.8) is 0 Å². The molecule has 3 rings (SSSR count). The van der Waals surface area contributed by atoms with Gasteiger partial charge in [0.1, 0.15) is 12.4 Å². The largest absolute Gasteiger partial charge is 0.489 e. The topological polar surface area (TPSA) is 38.5 Å². The van der Waals surface area contributed by atoms with Crippen LogP contribution in [0.2, 0.25) is 0 Å². The van der Waals surface area contributed by atoms with Crippen molar-refractivity contribution in [2.24, 2.45) is 5.73 Å². The summed E-state index contributed by atoms with van der Waals surface area (Å²) in [6, 6.07) is 17.2. The van der Waals surface area contributed by atoms with E-state index in [0.29, 0.717) is 19.2 Å². The monoisotopic (exact) mass is 310 g/mol. The maximum Gasteiger partial charge on any atom is 0.120 e. The van der Waals surface area contributed by atoms with E-state index in [2.05, 4.69) is 54.3 Å². The fourth-order valence-electron chi connectivity index (χ4n) is 3.21. The summed E-state index contributed by atoms with van der Waals surface area (Å²) in [7, 11) is 0. The van der Waals surface area contributed by atoms with Crippen molar-refractivity contribution >= 4 is 0 Å². The molecule has 1 aliphatic heterocycles. The summed E-state index contributed by atoms with van der Waals surface area (Å²) in [5.74, 6) is 0.917. The Bertz CT molecular complexity index is 618. The first kappa shape index (κ1) is 16.0. The molecule has 2 N–H and O–H groups in total. The van der Waals surface area contributed by atoms with E-state index < -0.39 is 0 Å². The Kier molecular flexibility index (Phi) is 5.31. The number of hydrogen-bond acceptors (Lipinski definition) is 3. The minimum absolute atomic E-state index is 0.306. The molecular weight excluding hydrogens is 284 g/mol. The Morgan fingerprint density at radius 3 is 2.52 bits per heavy atom. The van der Waals surface area contributed by atoms with Gasteiger partial charge < -0.3 is 10.5 Å². The normalized spacial score (nSPS) is 16.4. The number of aryl methyl sites for hydroxylation is 1. The first-order valence-corrected chi connectivity index (χ1v) is 8.48. The summed E-state index contributed by atoms with van der Waals surface area (Å²) in [6.45, 7) is 5.65.